The monoisotopic (exact) mass is 681 g/mol. The molecule has 1 radical (unpaired) electrons. The molecule has 4 aliphatic rings. The molecular formula is C36H45N2O11. The van der Waals surface area contributed by atoms with Crippen molar-refractivity contribution in [3.8, 4) is 28.7 Å². The van der Waals surface area contributed by atoms with Gasteiger partial charge in [-0.1, -0.05) is 13.8 Å². The van der Waals surface area contributed by atoms with E-state index in [4.69, 9.17) is 33.2 Å². The topological polar surface area (TPSA) is 151 Å². The Morgan fingerprint density at radius 2 is 1.55 bits per heavy atom. The average Bonchev–Trinajstić information content (AvgIpc) is 3.65. The Bertz CT molecular complexity index is 1590. The maximum absolute atomic E-state index is 13.7. The van der Waals surface area contributed by atoms with E-state index in [0.29, 0.717) is 42.9 Å². The summed E-state index contributed by atoms with van der Waals surface area (Å²) in [6, 6.07) is 6.27. The molecule has 2 aromatic rings. The van der Waals surface area contributed by atoms with E-state index < -0.39 is 47.1 Å². The molecule has 0 spiro atoms. The molecule has 0 aromatic heterocycles. The Labute approximate surface area is 286 Å². The van der Waals surface area contributed by atoms with Crippen LogP contribution in [-0.2, 0) is 30.7 Å². The van der Waals surface area contributed by atoms with Crippen molar-refractivity contribution in [1.82, 2.24) is 10.4 Å². The van der Waals surface area contributed by atoms with Gasteiger partial charge in [-0.05, 0) is 81.0 Å². The number of cyclic esters (lactones) is 1. The fraction of sp³-hybridized carbons (Fsp3) is 0.583. The number of hydrogen-bond donors (Lipinski definition) is 1. The van der Waals surface area contributed by atoms with E-state index >= 15 is 0 Å². The van der Waals surface area contributed by atoms with Crippen molar-refractivity contribution in [2.24, 2.45) is 17.8 Å². The summed E-state index contributed by atoms with van der Waals surface area (Å²) in [6.07, 6.45) is 0.0458. The van der Waals surface area contributed by atoms with Gasteiger partial charge in [0.05, 0.1) is 26.7 Å². The van der Waals surface area contributed by atoms with Crippen LogP contribution < -0.4 is 29.0 Å². The van der Waals surface area contributed by atoms with Crippen molar-refractivity contribution in [3.05, 3.63) is 41.0 Å². The number of carbonyl (C=O) groups is 3. The minimum Gasteiger partial charge on any atom is -0.493 e. The maximum atomic E-state index is 13.7. The van der Waals surface area contributed by atoms with Gasteiger partial charge < -0.3 is 38.5 Å². The van der Waals surface area contributed by atoms with Gasteiger partial charge in [0.15, 0.2) is 23.0 Å². The van der Waals surface area contributed by atoms with Crippen LogP contribution >= 0.6 is 0 Å². The largest absolute Gasteiger partial charge is 0.493 e. The lowest BCUT2D eigenvalue weighted by Crippen LogP contribution is -2.60. The van der Waals surface area contributed by atoms with Gasteiger partial charge in [0.25, 0.3) is 0 Å². The van der Waals surface area contributed by atoms with Crippen LogP contribution in [0.15, 0.2) is 24.3 Å². The Morgan fingerprint density at radius 1 is 0.939 bits per heavy atom. The van der Waals surface area contributed by atoms with Crippen LogP contribution in [0, 0.1) is 17.8 Å². The fourth-order valence-corrected chi connectivity index (χ4v) is 7.91. The number of nitrogens with one attached hydrogen (secondary N) is 1. The first-order valence-electron chi connectivity index (χ1n) is 16.6. The Hall–Kier alpha value is -4.23. The van der Waals surface area contributed by atoms with Crippen molar-refractivity contribution < 1.29 is 52.7 Å². The summed E-state index contributed by atoms with van der Waals surface area (Å²) in [5.41, 5.74) is 1.19. The third-order valence-corrected chi connectivity index (χ3v) is 10.1. The number of piperidine rings is 1. The highest BCUT2D eigenvalue weighted by Crippen LogP contribution is 2.52. The molecule has 49 heavy (non-hydrogen) atoms. The molecule has 2 fully saturated rings. The maximum Gasteiger partial charge on any atom is 0.408 e. The number of rotatable bonds is 8. The van der Waals surface area contributed by atoms with Gasteiger partial charge in [-0.2, -0.15) is 0 Å². The standard InChI is InChI=1S/C36H45N2O11/c1-18(2)30(37-34(41)48-22-14-35(3,4)38(42)36(5,6)15-22)33(40)49-31-26(43-7)11-20(12-27(31)44-8)28-23-13-25-24(46-17-47-25)10-19(23)9-21-16-45-32(39)29(21)28/h10-13,18,21-22,28-30H,9,14-17H2,1-8H3,(H,37,41)/t21?,28-,29+,30+/m1/s1. The Balaban J connectivity index is 1.25. The molecular weight excluding hydrogens is 636 g/mol. The number of hydroxylamine groups is 2. The molecule has 0 saturated carbocycles. The zero-order valence-electron chi connectivity index (χ0n) is 29.2. The highest BCUT2D eigenvalue weighted by molar-refractivity contribution is 5.84. The lowest BCUT2D eigenvalue weighted by molar-refractivity contribution is -0.298. The highest BCUT2D eigenvalue weighted by atomic mass is 16.7. The summed E-state index contributed by atoms with van der Waals surface area (Å²) >= 11 is 0. The minimum absolute atomic E-state index is 0.0261. The number of ether oxygens (including phenoxy) is 7. The zero-order chi connectivity index (χ0) is 35.4. The van der Waals surface area contributed by atoms with Crippen molar-refractivity contribution >= 4 is 18.0 Å². The number of amides is 1. The summed E-state index contributed by atoms with van der Waals surface area (Å²) < 4.78 is 39.9. The molecule has 1 unspecified atom stereocenters. The van der Waals surface area contributed by atoms with Gasteiger partial charge in [0, 0.05) is 35.8 Å². The first kappa shape index (κ1) is 34.6. The number of benzene rings is 2. The molecule has 0 bridgehead atoms. The molecule has 1 amide bonds. The van der Waals surface area contributed by atoms with Crippen LogP contribution in [0.3, 0.4) is 0 Å². The van der Waals surface area contributed by atoms with Gasteiger partial charge in [0.1, 0.15) is 12.1 Å². The molecule has 6 rings (SSSR count). The molecule has 3 heterocycles. The average molecular weight is 682 g/mol. The van der Waals surface area contributed by atoms with Crippen LogP contribution in [-0.4, -0.2) is 73.9 Å². The van der Waals surface area contributed by atoms with E-state index in [-0.39, 0.29) is 41.8 Å². The number of hydrogen-bond acceptors (Lipinski definition) is 11. The first-order valence-corrected chi connectivity index (χ1v) is 16.6. The van der Waals surface area contributed by atoms with Crippen molar-refractivity contribution in [2.45, 2.75) is 89.9 Å². The second-order valence-electron chi connectivity index (χ2n) is 14.9. The van der Waals surface area contributed by atoms with Crippen LogP contribution in [0.2, 0.25) is 0 Å². The SMILES string of the molecule is COc1cc([C@@H]2c3cc4c(cc3CC3COC(=O)[C@@H]32)OCO4)cc(OC)c1OC(=O)[C@@H](NC(=O)OC1CC(C)(C)N([O])C(C)(C)C1)C(C)C. The van der Waals surface area contributed by atoms with E-state index in [2.05, 4.69) is 5.32 Å². The minimum atomic E-state index is -1.08. The van der Waals surface area contributed by atoms with Crippen LogP contribution in [0.1, 0.15) is 77.0 Å². The van der Waals surface area contributed by atoms with Gasteiger partial charge in [-0.3, -0.25) is 4.79 Å². The summed E-state index contributed by atoms with van der Waals surface area (Å²) in [5.74, 6) is -0.609. The van der Waals surface area contributed by atoms with Gasteiger partial charge in [-0.15, -0.1) is 10.3 Å². The van der Waals surface area contributed by atoms with E-state index in [0.717, 1.165) is 16.2 Å². The molecule has 2 saturated heterocycles. The lowest BCUT2D eigenvalue weighted by Gasteiger charge is -2.49. The second-order valence-corrected chi connectivity index (χ2v) is 14.9. The predicted octanol–water partition coefficient (Wildman–Crippen LogP) is 4.93. The van der Waals surface area contributed by atoms with Crippen molar-refractivity contribution in [1.29, 1.82) is 0 Å². The number of fused-ring (bicyclic) bond motifs is 3. The number of carbonyl (C=O) groups excluding carboxylic acids is 3. The molecule has 4 atom stereocenters. The fourth-order valence-electron chi connectivity index (χ4n) is 7.91. The number of nitrogens with zero attached hydrogens (tertiary/aromatic N) is 1. The van der Waals surface area contributed by atoms with Gasteiger partial charge in [0.2, 0.25) is 12.5 Å². The van der Waals surface area contributed by atoms with Gasteiger partial charge >= 0.3 is 18.0 Å². The number of esters is 2. The smallest absolute Gasteiger partial charge is 0.408 e. The quantitative estimate of drug-likeness (QED) is 0.298. The zero-order valence-corrected chi connectivity index (χ0v) is 29.2. The normalized spacial score (nSPS) is 24.4. The van der Waals surface area contributed by atoms with Crippen molar-refractivity contribution in [3.63, 3.8) is 0 Å². The predicted molar refractivity (Wildman–Crippen MR) is 173 cm³/mol. The van der Waals surface area contributed by atoms with Crippen LogP contribution in [0.4, 0.5) is 4.79 Å². The van der Waals surface area contributed by atoms with Gasteiger partial charge in [-0.25, -0.2) is 9.59 Å². The molecule has 1 aliphatic carbocycles. The summed E-state index contributed by atoms with van der Waals surface area (Å²) in [7, 11) is 2.89. The third kappa shape index (κ3) is 6.45. The van der Waals surface area contributed by atoms with Crippen molar-refractivity contribution in [2.75, 3.05) is 27.6 Å². The lowest BCUT2D eigenvalue weighted by atomic mass is 9.67. The summed E-state index contributed by atoms with van der Waals surface area (Å²) in [4.78, 5) is 39.9. The van der Waals surface area contributed by atoms with E-state index in [9.17, 15) is 19.6 Å². The van der Waals surface area contributed by atoms with E-state index in [1.165, 1.54) is 14.2 Å². The molecule has 3 aliphatic heterocycles. The third-order valence-electron chi connectivity index (χ3n) is 10.1. The number of alkyl carbamates (subject to hydrolysis) is 1. The molecule has 13 heteroatoms. The molecule has 265 valence electrons. The summed E-state index contributed by atoms with van der Waals surface area (Å²) in [6.45, 7) is 11.2. The Morgan fingerprint density at radius 3 is 2.14 bits per heavy atom. The summed E-state index contributed by atoms with van der Waals surface area (Å²) in [5, 5.41) is 16.5. The second kappa shape index (κ2) is 12.9. The highest BCUT2D eigenvalue weighted by Gasteiger charge is 2.49. The van der Waals surface area contributed by atoms with E-state index in [1.807, 2.05) is 39.8 Å². The first-order chi connectivity index (χ1) is 23.1. The van der Waals surface area contributed by atoms with E-state index in [1.54, 1.807) is 26.0 Å². The molecule has 2 aromatic carbocycles. The number of methoxy groups -OCH3 is 2. The Kier molecular flexibility index (Phi) is 9.12. The van der Waals surface area contributed by atoms with Crippen LogP contribution in [0.25, 0.3) is 0 Å². The van der Waals surface area contributed by atoms with Crippen LogP contribution in [0.5, 0.6) is 28.7 Å². The molecule has 13 nitrogen and oxygen atoms in total. The molecule has 1 N–H and O–H groups in total.